The molecule has 4 N–H and O–H groups in total. The number of nitrogens with one attached hydrogen (secondary N) is 4. The zero-order chi connectivity index (χ0) is 26.1. The van der Waals surface area contributed by atoms with Crippen LogP contribution in [0.3, 0.4) is 0 Å². The number of aromatic nitrogens is 2. The maximum atomic E-state index is 13.3. The molecule has 196 valence electrons. The molecule has 36 heavy (non-hydrogen) atoms. The van der Waals surface area contributed by atoms with Gasteiger partial charge in [-0.15, -0.1) is 0 Å². The fourth-order valence-electron chi connectivity index (χ4n) is 4.26. The predicted octanol–water partition coefficient (Wildman–Crippen LogP) is 2.64. The van der Waals surface area contributed by atoms with Gasteiger partial charge in [0.05, 0.1) is 19.4 Å². The Morgan fingerprint density at radius 3 is 2.75 bits per heavy atom. The van der Waals surface area contributed by atoms with Crippen molar-refractivity contribution < 1.29 is 13.6 Å². The summed E-state index contributed by atoms with van der Waals surface area (Å²) >= 11 is 0. The summed E-state index contributed by atoms with van der Waals surface area (Å²) in [5.41, 5.74) is 4.21. The molecule has 9 nitrogen and oxygen atoms in total. The molecule has 1 atom stereocenters. The van der Waals surface area contributed by atoms with Crippen LogP contribution in [-0.4, -0.2) is 71.1 Å². The van der Waals surface area contributed by atoms with E-state index in [1.165, 1.54) is 10.5 Å². The second kappa shape index (κ2) is 10.1. The molecule has 11 heteroatoms. The standard InChI is InChI=1S/C25H36F2N8O/c1-16-6-7-17(24(2,3)4)12-18(16)31-22-20-21(30-15-34(20)5)32-23(33-22)29-10-9-28-13-19(36)35-11-8-25(26,27)14-35/h6-7,12,15,23,28-29,32H,8-11,13-14H2,1-5H3,(H,31,33). The Bertz CT molecular complexity index is 1140. The lowest BCUT2D eigenvalue weighted by Gasteiger charge is -2.26. The quantitative estimate of drug-likeness (QED) is 0.435. The number of amides is 1. The fourth-order valence-corrected chi connectivity index (χ4v) is 4.26. The minimum Gasteiger partial charge on any atom is -0.338 e. The van der Waals surface area contributed by atoms with Gasteiger partial charge >= 0.3 is 0 Å². The first kappa shape index (κ1) is 26.0. The molecule has 3 heterocycles. The highest BCUT2D eigenvalue weighted by Gasteiger charge is 2.39. The number of aryl methyl sites for hydroxylation is 2. The van der Waals surface area contributed by atoms with Crippen LogP contribution in [-0.2, 0) is 17.3 Å². The molecule has 0 spiro atoms. The Morgan fingerprint density at radius 2 is 2.06 bits per heavy atom. The lowest BCUT2D eigenvalue weighted by atomic mass is 9.86. The van der Waals surface area contributed by atoms with E-state index < -0.39 is 18.8 Å². The lowest BCUT2D eigenvalue weighted by Crippen LogP contribution is -2.44. The van der Waals surface area contributed by atoms with E-state index >= 15 is 0 Å². The average Bonchev–Trinajstić information content (AvgIpc) is 3.36. The van der Waals surface area contributed by atoms with Crippen molar-refractivity contribution in [2.75, 3.05) is 43.4 Å². The Morgan fingerprint density at radius 1 is 1.28 bits per heavy atom. The van der Waals surface area contributed by atoms with Crippen LogP contribution in [0.1, 0.15) is 44.0 Å². The number of hydrogen-bond acceptors (Lipinski definition) is 7. The van der Waals surface area contributed by atoms with Gasteiger partial charge in [0, 0.05) is 38.8 Å². The maximum absolute atomic E-state index is 13.3. The Kier molecular flexibility index (Phi) is 7.33. The largest absolute Gasteiger partial charge is 0.338 e. The number of benzene rings is 1. The molecular weight excluding hydrogens is 466 g/mol. The van der Waals surface area contributed by atoms with E-state index in [0.717, 1.165) is 22.8 Å². The first-order valence-electron chi connectivity index (χ1n) is 12.3. The number of hydrogen-bond donors (Lipinski definition) is 4. The molecule has 2 aromatic rings. The van der Waals surface area contributed by atoms with Crippen LogP contribution in [0.5, 0.6) is 0 Å². The Balaban J connectivity index is 1.37. The number of anilines is 2. The molecule has 2 aliphatic heterocycles. The van der Waals surface area contributed by atoms with Gasteiger partial charge in [-0.3, -0.25) is 10.1 Å². The third-order valence-electron chi connectivity index (χ3n) is 6.49. The van der Waals surface area contributed by atoms with Crippen LogP contribution >= 0.6 is 0 Å². The number of likely N-dealkylation sites (tertiary alicyclic amines) is 1. The van der Waals surface area contributed by atoms with Gasteiger partial charge in [0.25, 0.3) is 5.92 Å². The fraction of sp³-hybridized carbons (Fsp3) is 0.560. The summed E-state index contributed by atoms with van der Waals surface area (Å²) in [6, 6.07) is 6.42. The van der Waals surface area contributed by atoms with E-state index in [0.29, 0.717) is 18.9 Å². The first-order chi connectivity index (χ1) is 16.9. The minimum absolute atomic E-state index is 0.0197. The van der Waals surface area contributed by atoms with Crippen molar-refractivity contribution in [3.63, 3.8) is 0 Å². The van der Waals surface area contributed by atoms with Crippen LogP contribution in [0, 0.1) is 6.92 Å². The average molecular weight is 503 g/mol. The van der Waals surface area contributed by atoms with Crippen LogP contribution in [0.25, 0.3) is 0 Å². The van der Waals surface area contributed by atoms with Gasteiger partial charge < -0.3 is 25.4 Å². The summed E-state index contributed by atoms with van der Waals surface area (Å²) in [4.78, 5) is 22.6. The molecule has 4 rings (SSSR count). The molecule has 1 aromatic carbocycles. The van der Waals surface area contributed by atoms with Crippen molar-refractivity contribution in [2.24, 2.45) is 12.0 Å². The smallest absolute Gasteiger partial charge is 0.267 e. The number of imidazole rings is 1. The van der Waals surface area contributed by atoms with E-state index in [1.54, 1.807) is 6.33 Å². The zero-order valence-electron chi connectivity index (χ0n) is 21.6. The number of nitrogens with zero attached hydrogens (tertiary/aromatic N) is 4. The predicted molar refractivity (Wildman–Crippen MR) is 138 cm³/mol. The van der Waals surface area contributed by atoms with Crippen LogP contribution < -0.4 is 21.3 Å². The summed E-state index contributed by atoms with van der Waals surface area (Å²) in [5.74, 6) is -1.66. The lowest BCUT2D eigenvalue weighted by molar-refractivity contribution is -0.130. The van der Waals surface area contributed by atoms with E-state index in [9.17, 15) is 13.6 Å². The van der Waals surface area contributed by atoms with Crippen molar-refractivity contribution in [3.8, 4) is 0 Å². The number of rotatable bonds is 7. The number of fused-ring (bicyclic) bond motifs is 1. The number of alkyl halides is 2. The molecule has 0 bridgehead atoms. The molecule has 1 saturated heterocycles. The molecule has 0 saturated carbocycles. The SMILES string of the molecule is Cc1ccc(C(C)(C)C)cc1NC1=NC(NCCNCC(=O)N2CCC(F)(F)C2)Nc2ncn(C)c21. The summed E-state index contributed by atoms with van der Waals surface area (Å²) in [6.07, 6.45) is 1.05. The van der Waals surface area contributed by atoms with Crippen molar-refractivity contribution in [3.05, 3.63) is 41.3 Å². The Labute approximate surface area is 210 Å². The second-order valence-corrected chi connectivity index (χ2v) is 10.5. The van der Waals surface area contributed by atoms with Gasteiger partial charge in [0.15, 0.2) is 17.9 Å². The van der Waals surface area contributed by atoms with Gasteiger partial charge in [-0.25, -0.2) is 18.8 Å². The molecule has 0 radical (unpaired) electrons. The van der Waals surface area contributed by atoms with E-state index in [4.69, 9.17) is 4.99 Å². The summed E-state index contributed by atoms with van der Waals surface area (Å²) < 4.78 is 28.6. The van der Waals surface area contributed by atoms with E-state index in [2.05, 4.69) is 72.1 Å². The maximum Gasteiger partial charge on any atom is 0.267 e. The molecular formula is C25H36F2N8O. The van der Waals surface area contributed by atoms with Crippen molar-refractivity contribution in [1.82, 2.24) is 25.1 Å². The number of aliphatic imine (C=N–C) groups is 1. The number of carbonyl (C=O) groups excluding carboxylic acids is 1. The highest BCUT2D eigenvalue weighted by atomic mass is 19.3. The van der Waals surface area contributed by atoms with Crippen molar-refractivity contribution >= 4 is 23.2 Å². The Hall–Kier alpha value is -3.05. The summed E-state index contributed by atoms with van der Waals surface area (Å²) in [7, 11) is 1.92. The molecule has 1 unspecified atom stereocenters. The van der Waals surface area contributed by atoms with Crippen LogP contribution in [0.2, 0.25) is 0 Å². The minimum atomic E-state index is -2.77. The molecule has 1 amide bonds. The zero-order valence-corrected chi connectivity index (χ0v) is 21.6. The number of halogens is 2. The van der Waals surface area contributed by atoms with Crippen molar-refractivity contribution in [2.45, 2.75) is 51.7 Å². The van der Waals surface area contributed by atoms with E-state index in [1.807, 2.05) is 11.6 Å². The number of carbonyl (C=O) groups is 1. The van der Waals surface area contributed by atoms with Crippen LogP contribution in [0.15, 0.2) is 29.5 Å². The van der Waals surface area contributed by atoms with E-state index in [-0.39, 0.29) is 30.8 Å². The number of amidine groups is 1. The topological polar surface area (TPSA) is 98.6 Å². The first-order valence-corrected chi connectivity index (χ1v) is 12.3. The van der Waals surface area contributed by atoms with Gasteiger partial charge in [-0.2, -0.15) is 0 Å². The molecule has 1 fully saturated rings. The van der Waals surface area contributed by atoms with Gasteiger partial charge in [-0.1, -0.05) is 32.9 Å². The van der Waals surface area contributed by atoms with Gasteiger partial charge in [0.2, 0.25) is 5.91 Å². The second-order valence-electron chi connectivity index (χ2n) is 10.5. The highest BCUT2D eigenvalue weighted by molar-refractivity contribution is 6.11. The monoisotopic (exact) mass is 502 g/mol. The summed E-state index contributed by atoms with van der Waals surface area (Å²) in [5, 5.41) is 13.1. The summed E-state index contributed by atoms with van der Waals surface area (Å²) in [6.45, 7) is 9.25. The van der Waals surface area contributed by atoms with Gasteiger partial charge in [-0.05, 0) is 29.5 Å². The molecule has 1 aromatic heterocycles. The molecule has 0 aliphatic carbocycles. The van der Waals surface area contributed by atoms with Crippen molar-refractivity contribution in [1.29, 1.82) is 0 Å². The van der Waals surface area contributed by atoms with Crippen LogP contribution in [0.4, 0.5) is 20.3 Å². The molecule has 2 aliphatic rings. The normalized spacial score (nSPS) is 19.0. The highest BCUT2D eigenvalue weighted by Crippen LogP contribution is 2.29. The third-order valence-corrected chi connectivity index (χ3v) is 6.49. The third kappa shape index (κ3) is 6.01. The van der Waals surface area contributed by atoms with Gasteiger partial charge in [0.1, 0.15) is 5.69 Å².